The molecule has 0 aliphatic carbocycles. The molecule has 4 rings (SSSR count). The number of ketones is 1. The average Bonchev–Trinajstić information content (AvgIpc) is 1.62. The number of nitrogens with two attached hydrogens (primary N) is 3. The van der Waals surface area contributed by atoms with Crippen molar-refractivity contribution < 1.29 is 126 Å². The number of benzene rings is 2. The van der Waals surface area contributed by atoms with E-state index in [0.717, 1.165) is 59.3 Å². The number of unbranched alkanes of at least 4 members (excludes halogenated alkanes) is 7. The smallest absolute Gasteiger partial charge is 0.329 e. The van der Waals surface area contributed by atoms with E-state index in [2.05, 4.69) is 65.1 Å². The maximum absolute atomic E-state index is 14.8. The standard InChI is InChI=1S/C73H103N17O26/c1-5-6-7-8-9-10-11-12-23-54(94)82-45(26-39-32-77-43-21-16-14-18-40(39)43)67(109)85-46(28-53(76)93)68(110)87-49(31-60(103)104)69(111)90-62-38(4)116-73(115)50(27-52(92)41-19-13-15-20-42(41)75)88-72(114)61(36(2)25-57(97)98)89-70(112)51(35-91)83-56(96)33-78-64(106)47(29-58(99)100)84-63(105)37(3)80-66(108)48(30-59(101)102)86-65(107)44(22-17-24-74)81-55(95)34-79-71(62)113/h13-16,18-21,32,36-38,44-51,61-62,77,91H,5-12,17,22-31,33-35,74-75H2,1-4H3,(H2,76,93)(H,78,106)(H,79,113)(H,80,108)(H,81,95)(H,82,94)(H,83,96)(H,84,105)(H,85,109)(H,86,107)(H,87,110)(H,88,114)(H,89,112)(H,90,111)(H,97,98)(H,99,100)(H,101,102)(H,103,104). The van der Waals surface area contributed by atoms with Crippen molar-refractivity contribution in [2.45, 2.75) is 216 Å². The van der Waals surface area contributed by atoms with Crippen molar-refractivity contribution in [3.8, 4) is 0 Å². The van der Waals surface area contributed by atoms with Gasteiger partial charge in [-0.25, -0.2) is 4.79 Å². The van der Waals surface area contributed by atoms with Crippen LogP contribution in [-0.2, 0) is 102 Å². The van der Waals surface area contributed by atoms with E-state index in [-0.39, 0.29) is 37.1 Å². The van der Waals surface area contributed by atoms with Crippen molar-refractivity contribution in [3.05, 3.63) is 65.9 Å². The molecule has 43 heteroatoms. The number of hydrogen-bond acceptors (Lipinski definition) is 24. The van der Waals surface area contributed by atoms with Crippen LogP contribution in [0.1, 0.15) is 153 Å². The molecule has 2 aromatic carbocycles. The van der Waals surface area contributed by atoms with Crippen LogP contribution in [0, 0.1) is 5.92 Å². The number of aromatic amines is 1. The summed E-state index contributed by atoms with van der Waals surface area (Å²) >= 11 is 0. The number of aliphatic hydroxyl groups is 1. The lowest BCUT2D eigenvalue weighted by Gasteiger charge is -2.30. The molecule has 3 aromatic rings. The lowest BCUT2D eigenvalue weighted by Crippen LogP contribution is -2.62. The summed E-state index contributed by atoms with van der Waals surface area (Å²) in [7, 11) is 0. The highest BCUT2D eigenvalue weighted by Gasteiger charge is 2.41. The molecule has 43 nitrogen and oxygen atoms in total. The number of primary amides is 1. The van der Waals surface area contributed by atoms with Gasteiger partial charge in [0.1, 0.15) is 72.6 Å². The summed E-state index contributed by atoms with van der Waals surface area (Å²) in [6.45, 7) is 1.14. The zero-order chi connectivity index (χ0) is 86.5. The van der Waals surface area contributed by atoms with Crippen LogP contribution in [0.2, 0.25) is 0 Å². The van der Waals surface area contributed by atoms with Gasteiger partial charge in [0.2, 0.25) is 82.7 Å². The van der Waals surface area contributed by atoms with Gasteiger partial charge in [0, 0.05) is 47.6 Å². The van der Waals surface area contributed by atoms with Crippen LogP contribution in [-0.4, -0.2) is 248 Å². The number of carboxylic acid groups (broad SMARTS) is 4. The first-order chi connectivity index (χ1) is 54.9. The highest BCUT2D eigenvalue weighted by molar-refractivity contribution is 6.05. The summed E-state index contributed by atoms with van der Waals surface area (Å²) in [5.74, 6) is -29.7. The highest BCUT2D eigenvalue weighted by atomic mass is 16.5. The fourth-order valence-corrected chi connectivity index (χ4v) is 11.9. The van der Waals surface area contributed by atoms with Crippen molar-refractivity contribution in [1.82, 2.24) is 74.1 Å². The van der Waals surface area contributed by atoms with Gasteiger partial charge >= 0.3 is 29.8 Å². The maximum atomic E-state index is 14.8. The maximum Gasteiger partial charge on any atom is 0.329 e. The lowest BCUT2D eigenvalue weighted by molar-refractivity contribution is -0.156. The summed E-state index contributed by atoms with van der Waals surface area (Å²) in [4.78, 5) is 276. The summed E-state index contributed by atoms with van der Waals surface area (Å²) < 4.78 is 5.68. The van der Waals surface area contributed by atoms with Gasteiger partial charge in [-0.1, -0.05) is 89.1 Å². The van der Waals surface area contributed by atoms with Crippen molar-refractivity contribution in [1.29, 1.82) is 0 Å². The molecule has 13 atom stereocenters. The van der Waals surface area contributed by atoms with Crippen molar-refractivity contribution in [2.24, 2.45) is 17.4 Å². The first kappa shape index (κ1) is 95.7. The average molecular weight is 1630 g/mol. The number of Topliss-reactive ketones (excluding diaryl/α,β-unsaturated/α-hetero) is 1. The first-order valence-corrected chi connectivity index (χ1v) is 37.3. The van der Waals surface area contributed by atoms with Gasteiger partial charge in [-0.15, -0.1) is 0 Å². The first-order valence-electron chi connectivity index (χ1n) is 37.3. The minimum absolute atomic E-state index is 0.0174. The number of para-hydroxylation sites is 2. The Bertz CT molecular complexity index is 4060. The topological polar surface area (TPSA) is 702 Å². The molecular weight excluding hydrogens is 1530 g/mol. The minimum atomic E-state index is -2.45. The van der Waals surface area contributed by atoms with Crippen LogP contribution in [0.3, 0.4) is 0 Å². The number of amides is 14. The fourth-order valence-electron chi connectivity index (χ4n) is 11.9. The van der Waals surface area contributed by atoms with E-state index in [1.807, 2.05) is 16.0 Å². The Kier molecular flexibility index (Phi) is 39.9. The Balaban J connectivity index is 1.87. The number of fused-ring (bicyclic) bond motifs is 1. The van der Waals surface area contributed by atoms with Crippen LogP contribution in [0.15, 0.2) is 54.7 Å². The molecule has 13 unspecified atom stereocenters. The summed E-state index contributed by atoms with van der Waals surface area (Å²) in [5.41, 5.74) is 18.1. The molecular formula is C73H103N17O26. The molecule has 1 saturated heterocycles. The second-order valence-corrected chi connectivity index (χ2v) is 27.6. The second kappa shape index (κ2) is 48.4. The van der Waals surface area contributed by atoms with Crippen LogP contribution in [0.4, 0.5) is 5.69 Å². The zero-order valence-corrected chi connectivity index (χ0v) is 64.3. The molecule has 0 bridgehead atoms. The minimum Gasteiger partial charge on any atom is -0.481 e. The van der Waals surface area contributed by atoms with E-state index >= 15 is 0 Å². The normalized spacial score (nSPS) is 21.1. The van der Waals surface area contributed by atoms with Crippen LogP contribution in [0.5, 0.6) is 0 Å². The molecule has 0 saturated carbocycles. The van der Waals surface area contributed by atoms with Crippen LogP contribution in [0.25, 0.3) is 10.9 Å². The van der Waals surface area contributed by atoms with Gasteiger partial charge in [0.15, 0.2) is 5.78 Å². The quantitative estimate of drug-likeness (QED) is 0.0112. The van der Waals surface area contributed by atoms with Crippen molar-refractivity contribution in [3.63, 3.8) is 0 Å². The summed E-state index contributed by atoms with van der Waals surface area (Å²) in [6, 6.07) is -10.5. The number of nitrogen functional groups attached to an aromatic ring is 1. The third-order valence-corrected chi connectivity index (χ3v) is 18.1. The van der Waals surface area contributed by atoms with E-state index in [4.69, 9.17) is 21.9 Å². The van der Waals surface area contributed by atoms with E-state index < -0.39 is 261 Å². The molecule has 1 aliphatic rings. The molecule has 1 aliphatic heterocycles. The number of aromatic nitrogens is 1. The Morgan fingerprint density at radius 3 is 1.67 bits per heavy atom. The number of ether oxygens (including phenoxy) is 1. The number of carboxylic acids is 4. The molecule has 25 N–H and O–H groups in total. The lowest BCUT2D eigenvalue weighted by atomic mass is 9.96. The molecule has 1 fully saturated rings. The van der Waals surface area contributed by atoms with E-state index in [1.54, 1.807) is 30.5 Å². The molecule has 0 radical (unpaired) electrons. The van der Waals surface area contributed by atoms with Crippen LogP contribution >= 0.6 is 0 Å². The Hall–Kier alpha value is -12.7. The van der Waals surface area contributed by atoms with Crippen molar-refractivity contribution >= 4 is 135 Å². The summed E-state index contributed by atoms with van der Waals surface area (Å²) in [6.07, 6.45) is -1.15. The van der Waals surface area contributed by atoms with E-state index in [0.29, 0.717) is 29.3 Å². The van der Waals surface area contributed by atoms with E-state index in [9.17, 15) is 121 Å². The third kappa shape index (κ3) is 32.8. The second-order valence-electron chi connectivity index (χ2n) is 27.6. The number of cyclic esters (lactones) is 1. The third-order valence-electron chi connectivity index (χ3n) is 18.1. The molecule has 0 spiro atoms. The molecule has 636 valence electrons. The number of aliphatic carboxylic acids is 4. The predicted octanol–water partition coefficient (Wildman–Crippen LogP) is -5.23. The summed E-state index contributed by atoms with van der Waals surface area (Å²) in [5, 5.41) is 78.7. The highest BCUT2D eigenvalue weighted by Crippen LogP contribution is 2.22. The van der Waals surface area contributed by atoms with Gasteiger partial charge in [-0.3, -0.25) is 91.1 Å². The SMILES string of the molecule is CCCCCCCCCCC(=O)NC(Cc1c[nH]c2ccccc12)C(=O)NC(CC(N)=O)C(=O)NC(CC(=O)O)C(=O)NC1C(=O)NCC(=O)NC(CCCN)C(=O)NC(CC(=O)O)C(=O)NC(C)C(=O)NC(CC(=O)O)C(=O)NCC(=O)NC(CO)C(=O)NC(C(C)CC(=O)O)C(=O)NC(CC(=O)c2ccccc2N)C(=O)OC1C. The van der Waals surface area contributed by atoms with E-state index in [1.165, 1.54) is 24.3 Å². The van der Waals surface area contributed by atoms with Gasteiger partial charge in [0.25, 0.3) is 0 Å². The Labute approximate surface area is 663 Å². The van der Waals surface area contributed by atoms with Gasteiger partial charge in [-0.2, -0.15) is 0 Å². The molecule has 2 heterocycles. The number of anilines is 1. The number of H-pyrrole nitrogens is 1. The Morgan fingerprint density at radius 2 is 1.08 bits per heavy atom. The monoisotopic (exact) mass is 1630 g/mol. The number of hydrogen-bond donors (Lipinski definition) is 22. The van der Waals surface area contributed by atoms with Gasteiger partial charge < -0.3 is 122 Å². The Morgan fingerprint density at radius 1 is 0.543 bits per heavy atom. The number of carbonyl (C=O) groups excluding carboxylic acids is 16. The zero-order valence-electron chi connectivity index (χ0n) is 64.3. The largest absolute Gasteiger partial charge is 0.481 e. The van der Waals surface area contributed by atoms with Gasteiger partial charge in [-0.05, 0) is 69.3 Å². The van der Waals surface area contributed by atoms with Crippen molar-refractivity contribution in [2.75, 3.05) is 32.0 Å². The van der Waals surface area contributed by atoms with Crippen LogP contribution < -0.4 is 86.3 Å². The molecule has 14 amide bonds. The number of esters is 1. The number of nitrogens with one attached hydrogen (secondary N) is 14. The molecule has 116 heavy (non-hydrogen) atoms. The fraction of sp³-hybridized carbons (Fsp3) is 0.534. The predicted molar refractivity (Wildman–Crippen MR) is 405 cm³/mol. The molecule has 1 aromatic heterocycles. The van der Waals surface area contributed by atoms with Gasteiger partial charge in [0.05, 0.1) is 51.8 Å². The number of rotatable bonds is 36. The number of carbonyl (C=O) groups is 20. The number of aliphatic hydroxyl groups excluding tert-OH is 1.